The van der Waals surface area contributed by atoms with E-state index in [-0.39, 0.29) is 16.1 Å². The van der Waals surface area contributed by atoms with Gasteiger partial charge >= 0.3 is 0 Å². The first-order chi connectivity index (χ1) is 9.52. The maximum atomic E-state index is 13.7. The summed E-state index contributed by atoms with van der Waals surface area (Å²) < 4.78 is 14.4. The number of hydrogen-bond acceptors (Lipinski definition) is 2. The third-order valence-corrected chi connectivity index (χ3v) is 3.33. The van der Waals surface area contributed by atoms with Crippen molar-refractivity contribution in [3.8, 4) is 6.07 Å². The molecular weight excluding hydrogens is 347 g/mol. The van der Waals surface area contributed by atoms with E-state index >= 15 is 0 Å². The summed E-state index contributed by atoms with van der Waals surface area (Å²) in [6.45, 7) is 0. The molecule has 20 heavy (non-hydrogen) atoms. The summed E-state index contributed by atoms with van der Waals surface area (Å²) >= 11 is 8.85. The van der Waals surface area contributed by atoms with E-state index in [1.807, 2.05) is 6.07 Å². The Bertz CT molecular complexity index is 728. The molecule has 0 aliphatic carbocycles. The molecule has 0 aliphatic rings. The van der Waals surface area contributed by atoms with Crippen LogP contribution in [0.5, 0.6) is 0 Å². The molecule has 2 aromatic carbocycles. The summed E-state index contributed by atoms with van der Waals surface area (Å²) in [4.78, 5) is 12.0. The highest BCUT2D eigenvalue weighted by Crippen LogP contribution is 2.23. The van der Waals surface area contributed by atoms with E-state index in [0.29, 0.717) is 10.2 Å². The molecule has 2 aromatic rings. The number of carbonyl (C=O) groups is 1. The van der Waals surface area contributed by atoms with E-state index in [4.69, 9.17) is 16.9 Å². The minimum atomic E-state index is -0.790. The summed E-state index contributed by atoms with van der Waals surface area (Å²) in [6, 6.07) is 10.9. The Balaban J connectivity index is 2.33. The van der Waals surface area contributed by atoms with Gasteiger partial charge < -0.3 is 5.32 Å². The highest BCUT2D eigenvalue weighted by Gasteiger charge is 2.15. The zero-order chi connectivity index (χ0) is 14.7. The number of halogens is 3. The molecule has 1 amide bonds. The Morgan fingerprint density at radius 2 is 2.10 bits per heavy atom. The number of amides is 1. The van der Waals surface area contributed by atoms with E-state index in [1.165, 1.54) is 18.2 Å². The van der Waals surface area contributed by atoms with Crippen molar-refractivity contribution in [3.05, 3.63) is 62.8 Å². The molecule has 100 valence electrons. The van der Waals surface area contributed by atoms with E-state index in [2.05, 4.69) is 21.2 Å². The molecule has 0 saturated carbocycles. The number of nitrogens with zero attached hydrogens (tertiary/aromatic N) is 1. The highest BCUT2D eigenvalue weighted by molar-refractivity contribution is 9.10. The topological polar surface area (TPSA) is 52.9 Å². The predicted octanol–water partition coefficient (Wildman–Crippen LogP) is 4.37. The number of nitriles is 1. The number of nitrogens with one attached hydrogen (secondary N) is 1. The van der Waals surface area contributed by atoms with Crippen LogP contribution in [0, 0.1) is 17.1 Å². The number of rotatable bonds is 2. The van der Waals surface area contributed by atoms with Gasteiger partial charge in [0.25, 0.3) is 5.91 Å². The van der Waals surface area contributed by atoms with Gasteiger partial charge in [-0.25, -0.2) is 4.39 Å². The molecule has 0 bridgehead atoms. The fraction of sp³-hybridized carbons (Fsp3) is 0. The summed E-state index contributed by atoms with van der Waals surface area (Å²) in [5.41, 5.74) is 0.402. The van der Waals surface area contributed by atoms with Gasteiger partial charge in [0.05, 0.1) is 21.8 Å². The van der Waals surface area contributed by atoms with Crippen LogP contribution in [0.3, 0.4) is 0 Å². The van der Waals surface area contributed by atoms with Crippen LogP contribution in [0.2, 0.25) is 5.02 Å². The lowest BCUT2D eigenvalue weighted by Crippen LogP contribution is -2.14. The van der Waals surface area contributed by atoms with Crippen LogP contribution < -0.4 is 5.32 Å². The summed E-state index contributed by atoms with van der Waals surface area (Å²) in [5, 5.41) is 11.4. The molecule has 0 unspecified atom stereocenters. The highest BCUT2D eigenvalue weighted by atomic mass is 79.9. The van der Waals surface area contributed by atoms with Gasteiger partial charge in [-0.05, 0) is 30.3 Å². The van der Waals surface area contributed by atoms with Gasteiger partial charge in [0.15, 0.2) is 5.82 Å². The molecule has 0 atom stereocenters. The number of anilines is 1. The fourth-order valence-electron chi connectivity index (χ4n) is 1.59. The Kier molecular flexibility index (Phi) is 4.38. The molecule has 3 nitrogen and oxygen atoms in total. The number of carbonyl (C=O) groups excluding carboxylic acids is 1. The van der Waals surface area contributed by atoms with Gasteiger partial charge in [-0.1, -0.05) is 33.6 Å². The Morgan fingerprint density at radius 1 is 1.35 bits per heavy atom. The van der Waals surface area contributed by atoms with Crippen molar-refractivity contribution in [1.82, 2.24) is 0 Å². The van der Waals surface area contributed by atoms with Crippen molar-refractivity contribution >= 4 is 39.1 Å². The Hall–Kier alpha value is -1.90. The Morgan fingerprint density at radius 3 is 2.80 bits per heavy atom. The van der Waals surface area contributed by atoms with Crippen LogP contribution in [-0.2, 0) is 0 Å². The average molecular weight is 354 g/mol. The first kappa shape index (κ1) is 14.5. The van der Waals surface area contributed by atoms with Crippen molar-refractivity contribution in [2.24, 2.45) is 0 Å². The maximum Gasteiger partial charge on any atom is 0.258 e. The molecule has 2 rings (SSSR count). The van der Waals surface area contributed by atoms with Gasteiger partial charge in [0.2, 0.25) is 0 Å². The molecule has 0 fully saturated rings. The largest absolute Gasteiger partial charge is 0.321 e. The number of hydrogen-bond donors (Lipinski definition) is 1. The normalized spacial score (nSPS) is 9.90. The van der Waals surface area contributed by atoms with E-state index < -0.39 is 11.7 Å². The lowest BCUT2D eigenvalue weighted by atomic mass is 10.1. The van der Waals surface area contributed by atoms with Gasteiger partial charge in [0.1, 0.15) is 6.07 Å². The summed E-state index contributed by atoms with van der Waals surface area (Å²) in [6.07, 6.45) is 0. The molecule has 0 saturated heterocycles. The molecule has 0 aromatic heterocycles. The smallest absolute Gasteiger partial charge is 0.258 e. The van der Waals surface area contributed by atoms with Crippen LogP contribution in [0.25, 0.3) is 0 Å². The van der Waals surface area contributed by atoms with Crippen molar-refractivity contribution in [1.29, 1.82) is 5.26 Å². The van der Waals surface area contributed by atoms with E-state index in [9.17, 15) is 9.18 Å². The van der Waals surface area contributed by atoms with Gasteiger partial charge in [-0.2, -0.15) is 5.26 Å². The van der Waals surface area contributed by atoms with Crippen molar-refractivity contribution < 1.29 is 9.18 Å². The zero-order valence-corrected chi connectivity index (χ0v) is 12.3. The summed E-state index contributed by atoms with van der Waals surface area (Å²) in [7, 11) is 0. The molecule has 0 spiro atoms. The molecule has 1 N–H and O–H groups in total. The lowest BCUT2D eigenvalue weighted by molar-refractivity contribution is 0.102. The standard InChI is InChI=1S/C14H7BrClFN2O/c15-9-4-5-12(8(6-9)7-18)19-14(20)10-2-1-3-11(16)13(10)17/h1-6H,(H,19,20). The summed E-state index contributed by atoms with van der Waals surface area (Å²) in [5.74, 6) is -1.45. The van der Waals surface area contributed by atoms with Crippen molar-refractivity contribution in [2.45, 2.75) is 0 Å². The average Bonchev–Trinajstić information content (AvgIpc) is 2.43. The van der Waals surface area contributed by atoms with Crippen LogP contribution in [-0.4, -0.2) is 5.91 Å². The van der Waals surface area contributed by atoms with Crippen LogP contribution in [0.15, 0.2) is 40.9 Å². The predicted molar refractivity (Wildman–Crippen MR) is 78.2 cm³/mol. The van der Waals surface area contributed by atoms with E-state index in [1.54, 1.807) is 18.2 Å². The quantitative estimate of drug-likeness (QED) is 0.872. The van der Waals surface area contributed by atoms with Crippen molar-refractivity contribution in [2.75, 3.05) is 5.32 Å². The first-order valence-corrected chi connectivity index (χ1v) is 6.65. The minimum absolute atomic E-state index is 0.131. The third kappa shape index (κ3) is 2.98. The fourth-order valence-corrected chi connectivity index (χ4v) is 2.12. The lowest BCUT2D eigenvalue weighted by Gasteiger charge is -2.08. The second-order valence-electron chi connectivity index (χ2n) is 3.86. The number of benzene rings is 2. The first-order valence-electron chi connectivity index (χ1n) is 5.48. The molecule has 0 radical (unpaired) electrons. The second kappa shape index (κ2) is 6.04. The van der Waals surface area contributed by atoms with Crippen LogP contribution in [0.4, 0.5) is 10.1 Å². The molecular formula is C14H7BrClFN2O. The van der Waals surface area contributed by atoms with Crippen molar-refractivity contribution in [3.63, 3.8) is 0 Å². The monoisotopic (exact) mass is 352 g/mol. The SMILES string of the molecule is N#Cc1cc(Br)ccc1NC(=O)c1cccc(Cl)c1F. The van der Waals surface area contributed by atoms with Gasteiger partial charge in [-0.3, -0.25) is 4.79 Å². The zero-order valence-electron chi connectivity index (χ0n) is 9.95. The molecule has 0 aliphatic heterocycles. The Labute approximate surface area is 128 Å². The maximum absolute atomic E-state index is 13.7. The van der Waals surface area contributed by atoms with Crippen LogP contribution in [0.1, 0.15) is 15.9 Å². The van der Waals surface area contributed by atoms with E-state index in [0.717, 1.165) is 0 Å². The molecule has 0 heterocycles. The minimum Gasteiger partial charge on any atom is -0.321 e. The second-order valence-corrected chi connectivity index (χ2v) is 5.18. The van der Waals surface area contributed by atoms with Crippen LogP contribution >= 0.6 is 27.5 Å². The molecule has 6 heteroatoms. The van der Waals surface area contributed by atoms with Gasteiger partial charge in [0, 0.05) is 4.47 Å². The van der Waals surface area contributed by atoms with Gasteiger partial charge in [-0.15, -0.1) is 0 Å². The third-order valence-electron chi connectivity index (χ3n) is 2.55.